The Kier molecular flexibility index (Phi) is 5.89. The lowest BCUT2D eigenvalue weighted by Crippen LogP contribution is -2.20. The van der Waals surface area contributed by atoms with Crippen molar-refractivity contribution < 1.29 is 22.6 Å². The maximum atomic E-state index is 11.9. The van der Waals surface area contributed by atoms with Gasteiger partial charge in [-0.15, -0.1) is 0 Å². The van der Waals surface area contributed by atoms with Gasteiger partial charge in [0.1, 0.15) is 19.0 Å². The normalized spacial score (nSPS) is 15.2. The Morgan fingerprint density at radius 3 is 2.67 bits per heavy atom. The Labute approximate surface area is 129 Å². The van der Waals surface area contributed by atoms with Gasteiger partial charge in [-0.25, -0.2) is 0 Å². The Morgan fingerprint density at radius 2 is 2.00 bits per heavy atom. The van der Waals surface area contributed by atoms with Crippen LogP contribution in [0.3, 0.4) is 0 Å². The molecule has 0 atom stereocenters. The standard InChI is InChI=1S/C14H17BrF3NO2/c15-12-3-1-2-10(8-19-11-4-5-11)13(12)21-7-6-20-9-14(16,17)18/h1-3,11,19H,4-9H2. The Balaban J connectivity index is 1.80. The second-order valence-corrected chi connectivity index (χ2v) is 5.75. The lowest BCUT2D eigenvalue weighted by molar-refractivity contribution is -0.175. The molecule has 1 aliphatic rings. The van der Waals surface area contributed by atoms with Gasteiger partial charge in [0.15, 0.2) is 0 Å². The van der Waals surface area contributed by atoms with E-state index in [-0.39, 0.29) is 13.2 Å². The van der Waals surface area contributed by atoms with E-state index >= 15 is 0 Å². The summed E-state index contributed by atoms with van der Waals surface area (Å²) in [4.78, 5) is 0. The highest BCUT2D eigenvalue weighted by atomic mass is 79.9. The number of hydrogen-bond donors (Lipinski definition) is 1. The number of nitrogens with one attached hydrogen (secondary N) is 1. The van der Waals surface area contributed by atoms with Gasteiger partial charge in [-0.2, -0.15) is 13.2 Å². The van der Waals surface area contributed by atoms with Crippen molar-refractivity contribution in [2.75, 3.05) is 19.8 Å². The van der Waals surface area contributed by atoms with Crippen LogP contribution in [0.25, 0.3) is 0 Å². The van der Waals surface area contributed by atoms with E-state index in [1.807, 2.05) is 18.2 Å². The van der Waals surface area contributed by atoms with Crippen LogP contribution in [0.15, 0.2) is 22.7 Å². The van der Waals surface area contributed by atoms with E-state index in [1.165, 1.54) is 12.8 Å². The Bertz CT molecular complexity index is 464. The lowest BCUT2D eigenvalue weighted by atomic mass is 10.2. The maximum Gasteiger partial charge on any atom is 0.411 e. The first kappa shape index (κ1) is 16.6. The van der Waals surface area contributed by atoms with E-state index in [4.69, 9.17) is 4.74 Å². The van der Waals surface area contributed by atoms with Crippen LogP contribution in [0.5, 0.6) is 5.75 Å². The molecule has 0 aliphatic heterocycles. The molecule has 118 valence electrons. The van der Waals surface area contributed by atoms with E-state index in [9.17, 15) is 13.2 Å². The van der Waals surface area contributed by atoms with Crippen molar-refractivity contribution in [1.82, 2.24) is 5.32 Å². The van der Waals surface area contributed by atoms with Crippen molar-refractivity contribution >= 4 is 15.9 Å². The second-order valence-electron chi connectivity index (χ2n) is 4.90. The van der Waals surface area contributed by atoms with E-state index in [2.05, 4.69) is 26.0 Å². The monoisotopic (exact) mass is 367 g/mol. The molecule has 21 heavy (non-hydrogen) atoms. The van der Waals surface area contributed by atoms with Gasteiger partial charge < -0.3 is 14.8 Å². The first-order valence-electron chi connectivity index (χ1n) is 6.74. The number of benzene rings is 1. The van der Waals surface area contributed by atoms with Gasteiger partial charge in [-0.3, -0.25) is 0 Å². The third kappa shape index (κ3) is 6.23. The Morgan fingerprint density at radius 1 is 1.24 bits per heavy atom. The van der Waals surface area contributed by atoms with Gasteiger partial charge in [0.25, 0.3) is 0 Å². The minimum Gasteiger partial charge on any atom is -0.490 e. The van der Waals surface area contributed by atoms with Gasteiger partial charge in [-0.05, 0) is 34.8 Å². The molecule has 1 N–H and O–H groups in total. The molecule has 0 unspecified atom stereocenters. The van der Waals surface area contributed by atoms with Crippen molar-refractivity contribution in [3.63, 3.8) is 0 Å². The number of rotatable bonds is 8. The van der Waals surface area contributed by atoms with Crippen molar-refractivity contribution in [3.8, 4) is 5.75 Å². The van der Waals surface area contributed by atoms with E-state index in [0.717, 1.165) is 10.0 Å². The molecule has 0 heterocycles. The molecule has 0 saturated heterocycles. The first-order chi connectivity index (χ1) is 9.96. The van der Waals surface area contributed by atoms with Crippen molar-refractivity contribution in [2.45, 2.75) is 31.6 Å². The minimum absolute atomic E-state index is 0.0785. The van der Waals surface area contributed by atoms with Crippen LogP contribution in [-0.2, 0) is 11.3 Å². The van der Waals surface area contributed by atoms with E-state index < -0.39 is 12.8 Å². The number of hydrogen-bond acceptors (Lipinski definition) is 3. The van der Waals surface area contributed by atoms with E-state index in [0.29, 0.717) is 18.3 Å². The SMILES string of the molecule is FC(F)(F)COCCOc1c(Br)cccc1CNC1CC1. The summed E-state index contributed by atoms with van der Waals surface area (Å²) in [5, 5.41) is 3.38. The quantitative estimate of drug-likeness (QED) is 0.711. The average molecular weight is 368 g/mol. The van der Waals surface area contributed by atoms with Crippen LogP contribution in [0.1, 0.15) is 18.4 Å². The largest absolute Gasteiger partial charge is 0.490 e. The molecular formula is C14H17BrF3NO2. The summed E-state index contributed by atoms with van der Waals surface area (Å²) in [5.74, 6) is 0.654. The van der Waals surface area contributed by atoms with Crippen molar-refractivity contribution in [2.24, 2.45) is 0 Å². The summed E-state index contributed by atoms with van der Waals surface area (Å²) < 4.78 is 46.7. The summed E-state index contributed by atoms with van der Waals surface area (Å²) in [6, 6.07) is 6.26. The molecule has 7 heteroatoms. The summed E-state index contributed by atoms with van der Waals surface area (Å²) in [5.41, 5.74) is 0.979. The summed E-state index contributed by atoms with van der Waals surface area (Å²) >= 11 is 3.40. The van der Waals surface area contributed by atoms with Crippen LogP contribution in [-0.4, -0.2) is 32.0 Å². The zero-order valence-corrected chi connectivity index (χ0v) is 13.0. The fourth-order valence-electron chi connectivity index (χ4n) is 1.79. The summed E-state index contributed by atoms with van der Waals surface area (Å²) in [7, 11) is 0. The lowest BCUT2D eigenvalue weighted by Gasteiger charge is -2.14. The van der Waals surface area contributed by atoms with Gasteiger partial charge in [-0.1, -0.05) is 12.1 Å². The average Bonchev–Trinajstić information content (AvgIpc) is 3.21. The predicted octanol–water partition coefficient (Wildman–Crippen LogP) is 3.66. The molecule has 2 rings (SSSR count). The van der Waals surface area contributed by atoms with Crippen LogP contribution in [0, 0.1) is 0 Å². The van der Waals surface area contributed by atoms with Crippen LogP contribution in [0.2, 0.25) is 0 Å². The summed E-state index contributed by atoms with van der Waals surface area (Å²) in [6.07, 6.45) is -1.92. The van der Waals surface area contributed by atoms with Crippen LogP contribution in [0.4, 0.5) is 13.2 Å². The second kappa shape index (κ2) is 7.47. The molecule has 1 aromatic carbocycles. The predicted molar refractivity (Wildman–Crippen MR) is 76.4 cm³/mol. The zero-order valence-electron chi connectivity index (χ0n) is 11.4. The molecule has 1 saturated carbocycles. The number of halogens is 4. The third-order valence-corrected chi connectivity index (χ3v) is 3.57. The number of ether oxygens (including phenoxy) is 2. The molecule has 0 amide bonds. The molecule has 0 bridgehead atoms. The molecule has 0 radical (unpaired) electrons. The highest BCUT2D eigenvalue weighted by Gasteiger charge is 2.27. The fourth-order valence-corrected chi connectivity index (χ4v) is 2.31. The van der Waals surface area contributed by atoms with Crippen molar-refractivity contribution in [3.05, 3.63) is 28.2 Å². The third-order valence-electron chi connectivity index (χ3n) is 2.95. The molecule has 1 aromatic rings. The van der Waals surface area contributed by atoms with Crippen molar-refractivity contribution in [1.29, 1.82) is 0 Å². The van der Waals surface area contributed by atoms with Gasteiger partial charge in [0, 0.05) is 18.2 Å². The summed E-state index contributed by atoms with van der Waals surface area (Å²) in [6.45, 7) is -0.587. The van der Waals surface area contributed by atoms with Crippen LogP contribution < -0.4 is 10.1 Å². The topological polar surface area (TPSA) is 30.5 Å². The molecule has 1 fully saturated rings. The van der Waals surface area contributed by atoms with Gasteiger partial charge >= 0.3 is 6.18 Å². The fraction of sp³-hybridized carbons (Fsp3) is 0.571. The van der Waals surface area contributed by atoms with Crippen LogP contribution >= 0.6 is 15.9 Å². The molecule has 3 nitrogen and oxygen atoms in total. The first-order valence-corrected chi connectivity index (χ1v) is 7.53. The molecule has 0 spiro atoms. The highest BCUT2D eigenvalue weighted by Crippen LogP contribution is 2.30. The maximum absolute atomic E-state index is 11.9. The Hall–Kier alpha value is -0.790. The number of alkyl halides is 3. The smallest absolute Gasteiger partial charge is 0.411 e. The molecule has 0 aromatic heterocycles. The molecular weight excluding hydrogens is 351 g/mol. The van der Waals surface area contributed by atoms with E-state index in [1.54, 1.807) is 0 Å². The minimum atomic E-state index is -4.30. The number of para-hydroxylation sites is 1. The molecule has 1 aliphatic carbocycles. The van der Waals surface area contributed by atoms with Gasteiger partial charge in [0.2, 0.25) is 0 Å². The highest BCUT2D eigenvalue weighted by molar-refractivity contribution is 9.10. The van der Waals surface area contributed by atoms with Gasteiger partial charge in [0.05, 0.1) is 11.1 Å². The zero-order chi connectivity index (χ0) is 15.3.